The molecule has 0 radical (unpaired) electrons. The summed E-state index contributed by atoms with van der Waals surface area (Å²) in [5, 5.41) is 52.3. The van der Waals surface area contributed by atoms with Crippen molar-refractivity contribution < 1.29 is 59.7 Å². The predicted molar refractivity (Wildman–Crippen MR) is 250 cm³/mol. The van der Waals surface area contributed by atoms with E-state index in [2.05, 4.69) is 4.74 Å². The number of hydrogen-bond acceptors (Lipinski definition) is 11. The maximum absolute atomic E-state index is 11.2. The van der Waals surface area contributed by atoms with Crippen LogP contribution in [0.5, 0.6) is 0 Å². The minimum absolute atomic E-state index is 0.0493. The van der Waals surface area contributed by atoms with Crippen molar-refractivity contribution in [2.75, 3.05) is 48.3 Å². The van der Waals surface area contributed by atoms with Gasteiger partial charge in [0, 0.05) is 52.6 Å². The Morgan fingerprint density at radius 1 is 0.467 bits per heavy atom. The number of carboxylic acids is 1. The van der Waals surface area contributed by atoms with Gasteiger partial charge in [-0.3, -0.25) is 9.59 Å². The van der Waals surface area contributed by atoms with Crippen molar-refractivity contribution in [3.63, 3.8) is 0 Å². The maximum atomic E-state index is 11.2. The van der Waals surface area contributed by atoms with Gasteiger partial charge in [0.05, 0.1) is 17.7 Å². The predicted octanol–water partition coefficient (Wildman–Crippen LogP) is 9.32. The van der Waals surface area contributed by atoms with Crippen LogP contribution >= 0.6 is 0 Å². The Labute approximate surface area is 363 Å². The SMILES string of the molecule is CC.CC.CC.CC.CC(=O)c1ccccc1.CCCC(=O)c1ccccc1.CCO.CO.CO.CO.CO.O=C(O)c1ccccc1.O=C(OCCO)c1ccccc1. The van der Waals surface area contributed by atoms with Gasteiger partial charge in [0.1, 0.15) is 6.61 Å². The Balaban J connectivity index is -0.0000000729. The van der Waals surface area contributed by atoms with Crippen LogP contribution in [0.25, 0.3) is 0 Å². The van der Waals surface area contributed by atoms with E-state index < -0.39 is 11.9 Å². The van der Waals surface area contributed by atoms with E-state index in [0.29, 0.717) is 17.5 Å². The molecular formula is C48H82O12. The first kappa shape index (κ1) is 75.7. The van der Waals surface area contributed by atoms with Crippen LogP contribution in [-0.2, 0) is 4.74 Å². The number of Topliss-reactive ketones (excluding diaryl/α,β-unsaturated/α-hetero) is 2. The van der Waals surface area contributed by atoms with Crippen LogP contribution < -0.4 is 0 Å². The van der Waals surface area contributed by atoms with Gasteiger partial charge in [-0.2, -0.15) is 0 Å². The highest BCUT2D eigenvalue weighted by atomic mass is 16.5. The van der Waals surface area contributed by atoms with Crippen LogP contribution in [0.1, 0.15) is 130 Å². The number of aliphatic hydroxyl groups excluding tert-OH is 6. The number of carbonyl (C=O) groups is 4. The lowest BCUT2D eigenvalue weighted by Crippen LogP contribution is -2.08. The minimum Gasteiger partial charge on any atom is -0.478 e. The monoisotopic (exact) mass is 851 g/mol. The van der Waals surface area contributed by atoms with E-state index in [1.165, 1.54) is 0 Å². The number of carbonyl (C=O) groups excluding carboxylic acids is 3. The number of rotatable bonds is 8. The van der Waals surface area contributed by atoms with Gasteiger partial charge in [-0.25, -0.2) is 9.59 Å². The average Bonchev–Trinajstić information content (AvgIpc) is 3.35. The molecule has 0 amide bonds. The van der Waals surface area contributed by atoms with Gasteiger partial charge in [0.25, 0.3) is 0 Å². The number of aliphatic hydroxyl groups is 6. The van der Waals surface area contributed by atoms with Crippen LogP contribution in [0.4, 0.5) is 0 Å². The van der Waals surface area contributed by atoms with Crippen molar-refractivity contribution in [1.82, 2.24) is 0 Å². The average molecular weight is 851 g/mol. The molecule has 60 heavy (non-hydrogen) atoms. The summed E-state index contributed by atoms with van der Waals surface area (Å²) in [7, 11) is 4.00. The number of ketones is 2. The highest BCUT2D eigenvalue weighted by molar-refractivity contribution is 5.96. The maximum Gasteiger partial charge on any atom is 0.338 e. The molecule has 0 aliphatic heterocycles. The van der Waals surface area contributed by atoms with Crippen LogP contribution in [0.3, 0.4) is 0 Å². The van der Waals surface area contributed by atoms with Crippen molar-refractivity contribution in [2.24, 2.45) is 0 Å². The molecule has 0 spiro atoms. The third-order valence-corrected chi connectivity index (χ3v) is 5.11. The quantitative estimate of drug-likeness (QED) is 0.0652. The fraction of sp³-hybridized carbons (Fsp3) is 0.417. The van der Waals surface area contributed by atoms with E-state index in [-0.39, 0.29) is 31.4 Å². The standard InChI is InChI=1S/C10H12O.C9H10O3.C8H8O.C7H6O2.C2H6O.4C2H6.4CH4O/c1-2-6-10(11)9-7-4-3-5-8-9;10-6-7-12-9(11)8-4-2-1-3-5-8;1-7(9)8-5-3-2-4-6-8;8-7(9)6-4-2-1-3-5-6;1-2-3;8*1-2/h3-5,7-8H,2,6H2,1H3;1-5,10H,6-7H2;2-6H,1H3;1-5H,(H,8,9);3H,2H2,1H3;4*1-2H3;4*2H,1H3. The molecule has 0 aliphatic carbocycles. The first-order valence-corrected chi connectivity index (χ1v) is 19.9. The third-order valence-electron chi connectivity index (χ3n) is 5.11. The Morgan fingerprint density at radius 2 is 0.733 bits per heavy atom. The van der Waals surface area contributed by atoms with Gasteiger partial charge >= 0.3 is 11.9 Å². The number of hydrogen-bond donors (Lipinski definition) is 7. The van der Waals surface area contributed by atoms with E-state index in [1.807, 2.05) is 129 Å². The molecule has 0 heterocycles. The van der Waals surface area contributed by atoms with E-state index in [0.717, 1.165) is 46.0 Å². The first-order chi connectivity index (χ1) is 29.2. The molecule has 0 fully saturated rings. The number of aromatic carboxylic acids is 1. The molecule has 4 aromatic rings. The van der Waals surface area contributed by atoms with Crippen molar-refractivity contribution >= 4 is 23.5 Å². The first-order valence-electron chi connectivity index (χ1n) is 19.9. The number of carboxylic acid groups (broad SMARTS) is 1. The van der Waals surface area contributed by atoms with Crippen LogP contribution in [0.2, 0.25) is 0 Å². The smallest absolute Gasteiger partial charge is 0.338 e. The van der Waals surface area contributed by atoms with Crippen molar-refractivity contribution in [3.05, 3.63) is 144 Å². The molecule has 0 aromatic heterocycles. The molecular weight excluding hydrogens is 769 g/mol. The number of benzene rings is 4. The second kappa shape index (κ2) is 74.8. The van der Waals surface area contributed by atoms with Crippen molar-refractivity contribution in [2.45, 2.75) is 89.0 Å². The zero-order valence-corrected chi connectivity index (χ0v) is 39.3. The van der Waals surface area contributed by atoms with Gasteiger partial charge < -0.3 is 40.5 Å². The van der Waals surface area contributed by atoms with E-state index >= 15 is 0 Å². The molecule has 0 atom stereocenters. The molecule has 12 heteroatoms. The molecule has 0 aliphatic rings. The second-order valence-electron chi connectivity index (χ2n) is 8.67. The van der Waals surface area contributed by atoms with Crippen LogP contribution in [-0.4, -0.2) is 108 Å². The molecule has 0 unspecified atom stereocenters. The number of esters is 1. The summed E-state index contributed by atoms with van der Waals surface area (Å²) in [5.41, 5.74) is 2.44. The van der Waals surface area contributed by atoms with Gasteiger partial charge in [0.15, 0.2) is 11.6 Å². The zero-order valence-electron chi connectivity index (χ0n) is 39.3. The second-order valence-corrected chi connectivity index (χ2v) is 8.67. The fourth-order valence-corrected chi connectivity index (χ4v) is 3.04. The molecule has 0 saturated heterocycles. The lowest BCUT2D eigenvalue weighted by atomic mass is 10.1. The summed E-state index contributed by atoms with van der Waals surface area (Å²) in [6.07, 6.45) is 1.58. The van der Waals surface area contributed by atoms with E-state index in [9.17, 15) is 19.2 Å². The normalized spacial score (nSPS) is 7.42. The fourth-order valence-electron chi connectivity index (χ4n) is 3.04. The molecule has 7 N–H and O–H groups in total. The Hall–Kier alpha value is -5.08. The highest BCUT2D eigenvalue weighted by Crippen LogP contribution is 2.04. The largest absolute Gasteiger partial charge is 0.478 e. The van der Waals surface area contributed by atoms with Crippen molar-refractivity contribution in [3.8, 4) is 0 Å². The lowest BCUT2D eigenvalue weighted by Gasteiger charge is -2.00. The molecule has 4 rings (SSSR count). The third kappa shape index (κ3) is 57.2. The summed E-state index contributed by atoms with van der Waals surface area (Å²) in [6.45, 7) is 21.4. The highest BCUT2D eigenvalue weighted by Gasteiger charge is 2.04. The Kier molecular flexibility index (Phi) is 94.4. The van der Waals surface area contributed by atoms with E-state index in [4.69, 9.17) is 35.7 Å². The van der Waals surface area contributed by atoms with E-state index in [1.54, 1.807) is 68.4 Å². The molecule has 346 valence electrons. The summed E-state index contributed by atoms with van der Waals surface area (Å²) in [5.74, 6) is -0.913. The lowest BCUT2D eigenvalue weighted by molar-refractivity contribution is 0.0433. The summed E-state index contributed by atoms with van der Waals surface area (Å²) < 4.78 is 4.69. The van der Waals surface area contributed by atoms with Crippen LogP contribution in [0, 0.1) is 0 Å². The number of ether oxygens (including phenoxy) is 1. The van der Waals surface area contributed by atoms with Gasteiger partial charge in [-0.1, -0.05) is 159 Å². The zero-order chi connectivity index (χ0) is 49.0. The summed E-state index contributed by atoms with van der Waals surface area (Å²) in [4.78, 5) is 43.2. The van der Waals surface area contributed by atoms with Gasteiger partial charge in [0.2, 0.25) is 0 Å². The summed E-state index contributed by atoms with van der Waals surface area (Å²) >= 11 is 0. The van der Waals surface area contributed by atoms with Crippen LogP contribution in [0.15, 0.2) is 121 Å². The minimum atomic E-state index is -0.879. The van der Waals surface area contributed by atoms with Gasteiger partial charge in [-0.05, 0) is 44.5 Å². The van der Waals surface area contributed by atoms with Gasteiger partial charge in [-0.15, -0.1) is 0 Å². The molecule has 12 nitrogen and oxygen atoms in total. The Bertz CT molecular complexity index is 1270. The molecule has 4 aromatic carbocycles. The summed E-state index contributed by atoms with van der Waals surface area (Å²) in [6, 6.07) is 35.6. The molecule has 0 saturated carbocycles. The molecule has 0 bridgehead atoms. The Morgan fingerprint density at radius 3 is 0.950 bits per heavy atom. The topological polar surface area (TPSA) is 219 Å². The van der Waals surface area contributed by atoms with Crippen molar-refractivity contribution in [1.29, 1.82) is 0 Å².